The summed E-state index contributed by atoms with van der Waals surface area (Å²) < 4.78 is 0. The minimum Gasteiger partial charge on any atom is -0.550 e. The summed E-state index contributed by atoms with van der Waals surface area (Å²) >= 11 is 0. The van der Waals surface area contributed by atoms with Gasteiger partial charge in [0.1, 0.15) is 5.60 Å². The molecule has 0 bridgehead atoms. The monoisotopic (exact) mass is 270 g/mol. The van der Waals surface area contributed by atoms with Gasteiger partial charge in [-0.2, -0.15) is 0 Å². The molecule has 0 aromatic heterocycles. The molecule has 2 atom stereocenters. The molecule has 2 unspecified atom stereocenters. The fourth-order valence-electron chi connectivity index (χ4n) is 3.58. The Morgan fingerprint density at radius 2 is 1.89 bits per heavy atom. The van der Waals surface area contributed by atoms with E-state index in [1.165, 1.54) is 0 Å². The van der Waals surface area contributed by atoms with E-state index < -0.39 is 28.3 Å². The van der Waals surface area contributed by atoms with Gasteiger partial charge in [0.15, 0.2) is 0 Å². The van der Waals surface area contributed by atoms with Crippen molar-refractivity contribution in [3.8, 4) is 0 Å². The molecule has 1 fully saturated rings. The van der Waals surface area contributed by atoms with Crippen molar-refractivity contribution >= 4 is 11.9 Å². The van der Waals surface area contributed by atoms with Crippen molar-refractivity contribution in [1.29, 1.82) is 0 Å². The van der Waals surface area contributed by atoms with Gasteiger partial charge in [-0.25, -0.2) is 0 Å². The van der Waals surface area contributed by atoms with Crippen molar-refractivity contribution in [2.45, 2.75) is 53.1 Å². The van der Waals surface area contributed by atoms with Crippen molar-refractivity contribution in [2.24, 2.45) is 16.7 Å². The van der Waals surface area contributed by atoms with Crippen LogP contribution in [0.15, 0.2) is 0 Å². The summed E-state index contributed by atoms with van der Waals surface area (Å²) in [4.78, 5) is 23.7. The Bertz CT molecular complexity index is 381. The van der Waals surface area contributed by atoms with E-state index in [2.05, 4.69) is 5.32 Å². The first-order valence-corrected chi connectivity index (χ1v) is 6.78. The topological polar surface area (TPSA) is 89.5 Å². The maximum Gasteiger partial charge on any atom is 0.229 e. The molecule has 0 radical (unpaired) electrons. The number of hydrogen-bond acceptors (Lipinski definition) is 4. The molecule has 1 aliphatic rings. The first kappa shape index (κ1) is 16.0. The highest BCUT2D eigenvalue weighted by Gasteiger charge is 2.63. The van der Waals surface area contributed by atoms with Crippen LogP contribution in [0.2, 0.25) is 0 Å². The Hall–Kier alpha value is -1.10. The average molecular weight is 270 g/mol. The molecule has 1 aliphatic heterocycles. The van der Waals surface area contributed by atoms with Crippen LogP contribution in [0.5, 0.6) is 0 Å². The number of carboxylic acid groups (broad SMARTS) is 1. The van der Waals surface area contributed by atoms with Crippen LogP contribution in [0.3, 0.4) is 0 Å². The lowest BCUT2D eigenvalue weighted by Gasteiger charge is -2.49. The molecule has 110 valence electrons. The van der Waals surface area contributed by atoms with Crippen LogP contribution in [0.1, 0.15) is 47.5 Å². The zero-order valence-electron chi connectivity index (χ0n) is 12.4. The maximum atomic E-state index is 12.1. The van der Waals surface area contributed by atoms with Crippen LogP contribution in [0.4, 0.5) is 0 Å². The summed E-state index contributed by atoms with van der Waals surface area (Å²) in [7, 11) is 0. The highest BCUT2D eigenvalue weighted by atomic mass is 16.4. The number of aliphatic hydroxyl groups is 1. The van der Waals surface area contributed by atoms with Crippen LogP contribution in [0, 0.1) is 16.7 Å². The third-order valence-electron chi connectivity index (χ3n) is 4.57. The summed E-state index contributed by atoms with van der Waals surface area (Å²) in [5.74, 6) is -2.69. The molecule has 5 heteroatoms. The number of nitrogens with one attached hydrogen (secondary N) is 1. The number of amides is 1. The van der Waals surface area contributed by atoms with Crippen molar-refractivity contribution in [3.63, 3.8) is 0 Å². The van der Waals surface area contributed by atoms with Crippen molar-refractivity contribution < 1.29 is 19.8 Å². The van der Waals surface area contributed by atoms with E-state index in [0.29, 0.717) is 12.8 Å². The van der Waals surface area contributed by atoms with Crippen molar-refractivity contribution in [1.82, 2.24) is 5.32 Å². The van der Waals surface area contributed by atoms with Gasteiger partial charge in [-0.05, 0) is 18.3 Å². The van der Waals surface area contributed by atoms with Crippen LogP contribution >= 0.6 is 0 Å². The van der Waals surface area contributed by atoms with Gasteiger partial charge < -0.3 is 20.3 Å². The normalized spacial score (nSPS) is 28.0. The van der Waals surface area contributed by atoms with Gasteiger partial charge in [0, 0.05) is 18.4 Å². The van der Waals surface area contributed by atoms with E-state index in [1.54, 1.807) is 34.6 Å². The summed E-state index contributed by atoms with van der Waals surface area (Å²) in [6.07, 6.45) is 0.789. The first-order chi connectivity index (χ1) is 8.56. The van der Waals surface area contributed by atoms with E-state index in [9.17, 15) is 19.8 Å². The molecule has 5 nitrogen and oxygen atoms in total. The van der Waals surface area contributed by atoms with Gasteiger partial charge in [-0.3, -0.25) is 4.79 Å². The molecule has 0 aliphatic carbocycles. The van der Waals surface area contributed by atoms with E-state index in [1.807, 2.05) is 0 Å². The molecule has 1 rings (SSSR count). The molecular weight excluding hydrogens is 246 g/mol. The fourth-order valence-corrected chi connectivity index (χ4v) is 3.58. The molecule has 0 saturated carbocycles. The number of carbonyl (C=O) groups excluding carboxylic acids is 2. The van der Waals surface area contributed by atoms with Gasteiger partial charge >= 0.3 is 0 Å². The molecular formula is C14H24NO4-. The third-order valence-corrected chi connectivity index (χ3v) is 4.57. The Balaban J connectivity index is 3.42. The number of carboxylic acids is 1. The molecule has 0 aromatic carbocycles. The van der Waals surface area contributed by atoms with Gasteiger partial charge in [0.25, 0.3) is 0 Å². The van der Waals surface area contributed by atoms with Crippen LogP contribution < -0.4 is 10.4 Å². The second-order valence-electron chi connectivity index (χ2n) is 6.51. The van der Waals surface area contributed by atoms with Crippen LogP contribution in [-0.4, -0.2) is 29.1 Å². The zero-order chi connectivity index (χ0) is 15.1. The fraction of sp³-hybridized carbons (Fsp3) is 0.857. The Morgan fingerprint density at radius 3 is 2.21 bits per heavy atom. The number of β-amino-alcohol motifs (C(OH)–C–C–N with tert-alkyl or cyclic N) is 1. The van der Waals surface area contributed by atoms with Gasteiger partial charge in [-0.15, -0.1) is 0 Å². The lowest BCUT2D eigenvalue weighted by atomic mass is 9.58. The van der Waals surface area contributed by atoms with Gasteiger partial charge in [0.05, 0.1) is 5.41 Å². The molecule has 0 aromatic rings. The second kappa shape index (κ2) is 4.78. The summed E-state index contributed by atoms with van der Waals surface area (Å²) in [6.45, 7) is 8.78. The second-order valence-corrected chi connectivity index (χ2v) is 6.51. The van der Waals surface area contributed by atoms with E-state index in [4.69, 9.17) is 0 Å². The highest BCUT2D eigenvalue weighted by Crippen LogP contribution is 2.51. The molecule has 1 heterocycles. The smallest absolute Gasteiger partial charge is 0.229 e. The first-order valence-electron chi connectivity index (χ1n) is 6.78. The standard InChI is InChI=1S/C14H25NO4/c1-6-13(7-2)11(18)15-8-14(13,19)9(10(16)17)12(3,4)5/h9,19H,6-8H2,1-5H3,(H,15,18)(H,16,17)/p-1. The molecule has 1 amide bonds. The quantitative estimate of drug-likeness (QED) is 0.756. The Labute approximate surface area is 114 Å². The number of aliphatic carboxylic acids is 1. The lowest BCUT2D eigenvalue weighted by molar-refractivity contribution is -0.324. The highest BCUT2D eigenvalue weighted by molar-refractivity contribution is 5.88. The largest absolute Gasteiger partial charge is 0.550 e. The zero-order valence-corrected chi connectivity index (χ0v) is 12.4. The van der Waals surface area contributed by atoms with Gasteiger partial charge in [0.2, 0.25) is 5.91 Å². The number of rotatable bonds is 4. The van der Waals surface area contributed by atoms with E-state index in [0.717, 1.165) is 0 Å². The minimum atomic E-state index is -1.62. The molecule has 2 N–H and O–H groups in total. The van der Waals surface area contributed by atoms with Crippen LogP contribution in [-0.2, 0) is 9.59 Å². The minimum absolute atomic E-state index is 0.0383. The van der Waals surface area contributed by atoms with E-state index >= 15 is 0 Å². The van der Waals surface area contributed by atoms with Crippen molar-refractivity contribution in [2.75, 3.05) is 6.54 Å². The predicted molar refractivity (Wildman–Crippen MR) is 68.9 cm³/mol. The predicted octanol–water partition coefficient (Wildman–Crippen LogP) is 0.0659. The maximum absolute atomic E-state index is 12.1. The van der Waals surface area contributed by atoms with Gasteiger partial charge in [-0.1, -0.05) is 34.6 Å². The molecule has 19 heavy (non-hydrogen) atoms. The summed E-state index contributed by atoms with van der Waals surface area (Å²) in [6, 6.07) is 0. The molecule has 1 saturated heterocycles. The number of hydrogen-bond donors (Lipinski definition) is 2. The molecule has 0 spiro atoms. The third kappa shape index (κ3) is 2.14. The SMILES string of the molecule is CCC1(CC)C(=O)NCC1(O)C(C(=O)[O-])C(C)(C)C. The summed E-state index contributed by atoms with van der Waals surface area (Å²) in [5.41, 5.74) is -3.38. The Morgan fingerprint density at radius 1 is 1.42 bits per heavy atom. The lowest BCUT2D eigenvalue weighted by Crippen LogP contribution is -2.62. The average Bonchev–Trinajstić information content (AvgIpc) is 2.49. The Kier molecular flexibility index (Phi) is 4.01. The van der Waals surface area contributed by atoms with Crippen LogP contribution in [0.25, 0.3) is 0 Å². The van der Waals surface area contributed by atoms with E-state index in [-0.39, 0.29) is 12.5 Å². The summed E-state index contributed by atoms with van der Waals surface area (Å²) in [5, 5.41) is 25.2. The van der Waals surface area contributed by atoms with Crippen molar-refractivity contribution in [3.05, 3.63) is 0 Å². The number of carbonyl (C=O) groups is 2.